The van der Waals surface area contributed by atoms with Crippen LogP contribution in [-0.4, -0.2) is 4.98 Å². The first-order valence-corrected chi connectivity index (χ1v) is 6.53. The van der Waals surface area contributed by atoms with Gasteiger partial charge in [0.2, 0.25) is 0 Å². The van der Waals surface area contributed by atoms with Crippen molar-refractivity contribution in [3.63, 3.8) is 0 Å². The Morgan fingerprint density at radius 2 is 2.40 bits per heavy atom. The molecule has 1 aliphatic carbocycles. The van der Waals surface area contributed by atoms with Crippen molar-refractivity contribution in [1.82, 2.24) is 4.98 Å². The summed E-state index contributed by atoms with van der Waals surface area (Å²) in [5, 5.41) is 3.15. The molecule has 2 atom stereocenters. The quantitative estimate of drug-likeness (QED) is 0.692. The van der Waals surface area contributed by atoms with Gasteiger partial charge in [-0.25, -0.2) is 4.98 Å². The standard InChI is InChI=1S/C13H17NS/c1-4-11-8-13(11,5-2)7-6-12-9-15-10(3)14-12/h9,11H,4-5,8H2,1-3H3. The molecule has 0 aliphatic heterocycles. The van der Waals surface area contributed by atoms with Crippen LogP contribution in [0.4, 0.5) is 0 Å². The molecular weight excluding hydrogens is 202 g/mol. The third-order valence-corrected chi connectivity index (χ3v) is 4.19. The first-order chi connectivity index (χ1) is 7.20. The van der Waals surface area contributed by atoms with Crippen molar-refractivity contribution < 1.29 is 0 Å². The predicted molar refractivity (Wildman–Crippen MR) is 64.9 cm³/mol. The van der Waals surface area contributed by atoms with Crippen LogP contribution < -0.4 is 0 Å². The molecule has 0 bridgehead atoms. The van der Waals surface area contributed by atoms with E-state index in [9.17, 15) is 0 Å². The lowest BCUT2D eigenvalue weighted by Gasteiger charge is -2.03. The molecular formula is C13H17NS. The summed E-state index contributed by atoms with van der Waals surface area (Å²) in [7, 11) is 0. The van der Waals surface area contributed by atoms with Gasteiger partial charge < -0.3 is 0 Å². The lowest BCUT2D eigenvalue weighted by molar-refractivity contribution is 0.557. The van der Waals surface area contributed by atoms with Gasteiger partial charge in [-0.3, -0.25) is 0 Å². The van der Waals surface area contributed by atoms with E-state index in [0.717, 1.165) is 16.6 Å². The second-order valence-corrected chi connectivity index (χ2v) is 5.38. The molecule has 1 aromatic rings. The van der Waals surface area contributed by atoms with Gasteiger partial charge in [-0.1, -0.05) is 26.2 Å². The van der Waals surface area contributed by atoms with E-state index in [2.05, 4.69) is 36.1 Å². The molecule has 80 valence electrons. The Morgan fingerprint density at radius 1 is 1.60 bits per heavy atom. The van der Waals surface area contributed by atoms with Crippen molar-refractivity contribution in [2.24, 2.45) is 11.3 Å². The molecule has 2 heteroatoms. The number of thiazole rings is 1. The first kappa shape index (κ1) is 10.7. The van der Waals surface area contributed by atoms with E-state index in [1.54, 1.807) is 11.3 Å². The molecule has 1 nitrogen and oxygen atoms in total. The van der Waals surface area contributed by atoms with E-state index >= 15 is 0 Å². The fraction of sp³-hybridized carbons (Fsp3) is 0.615. The molecule has 0 amide bonds. The number of rotatable bonds is 2. The van der Waals surface area contributed by atoms with Crippen LogP contribution in [0.3, 0.4) is 0 Å². The second-order valence-electron chi connectivity index (χ2n) is 4.32. The molecule has 1 aromatic heterocycles. The average Bonchev–Trinajstić information content (AvgIpc) is 2.82. The number of hydrogen-bond donors (Lipinski definition) is 0. The predicted octanol–water partition coefficient (Wildman–Crippen LogP) is 3.63. The molecule has 0 aromatic carbocycles. The van der Waals surface area contributed by atoms with Gasteiger partial charge in [-0.05, 0) is 31.6 Å². The minimum atomic E-state index is 0.326. The van der Waals surface area contributed by atoms with Crippen molar-refractivity contribution in [2.75, 3.05) is 0 Å². The van der Waals surface area contributed by atoms with Crippen molar-refractivity contribution in [3.05, 3.63) is 16.1 Å². The summed E-state index contributed by atoms with van der Waals surface area (Å²) in [6, 6.07) is 0. The molecule has 1 fully saturated rings. The summed E-state index contributed by atoms with van der Waals surface area (Å²) < 4.78 is 0. The maximum Gasteiger partial charge on any atom is 0.124 e. The van der Waals surface area contributed by atoms with E-state index in [4.69, 9.17) is 0 Å². The van der Waals surface area contributed by atoms with Crippen molar-refractivity contribution in [2.45, 2.75) is 40.0 Å². The fourth-order valence-electron chi connectivity index (χ4n) is 2.20. The van der Waals surface area contributed by atoms with E-state index in [0.29, 0.717) is 5.41 Å². The van der Waals surface area contributed by atoms with Crippen molar-refractivity contribution in [3.8, 4) is 11.8 Å². The zero-order chi connectivity index (χ0) is 10.9. The van der Waals surface area contributed by atoms with Crippen LogP contribution in [0.15, 0.2) is 5.38 Å². The normalized spacial score (nSPS) is 28.3. The van der Waals surface area contributed by atoms with Gasteiger partial charge in [0.1, 0.15) is 5.69 Å². The molecule has 15 heavy (non-hydrogen) atoms. The third-order valence-electron chi connectivity index (χ3n) is 3.41. The van der Waals surface area contributed by atoms with E-state index < -0.39 is 0 Å². The highest BCUT2D eigenvalue weighted by Crippen LogP contribution is 2.56. The van der Waals surface area contributed by atoms with Gasteiger partial charge in [0, 0.05) is 10.8 Å². The zero-order valence-corrected chi connectivity index (χ0v) is 10.4. The number of nitrogens with zero attached hydrogens (tertiary/aromatic N) is 1. The van der Waals surface area contributed by atoms with Crippen LogP contribution >= 0.6 is 11.3 Å². The van der Waals surface area contributed by atoms with Crippen LogP contribution in [0.2, 0.25) is 0 Å². The summed E-state index contributed by atoms with van der Waals surface area (Å²) in [5.74, 6) is 7.51. The summed E-state index contributed by atoms with van der Waals surface area (Å²) in [5.41, 5.74) is 1.28. The molecule has 0 radical (unpaired) electrons. The van der Waals surface area contributed by atoms with Gasteiger partial charge in [-0.15, -0.1) is 11.3 Å². The first-order valence-electron chi connectivity index (χ1n) is 5.65. The molecule has 2 unspecified atom stereocenters. The van der Waals surface area contributed by atoms with Crippen molar-refractivity contribution in [1.29, 1.82) is 0 Å². The summed E-state index contributed by atoms with van der Waals surface area (Å²) in [4.78, 5) is 4.37. The summed E-state index contributed by atoms with van der Waals surface area (Å²) in [6.45, 7) is 6.53. The highest BCUT2D eigenvalue weighted by molar-refractivity contribution is 7.09. The van der Waals surface area contributed by atoms with Gasteiger partial charge in [0.15, 0.2) is 0 Å². The van der Waals surface area contributed by atoms with Crippen LogP contribution in [0, 0.1) is 30.1 Å². The molecule has 2 rings (SSSR count). The van der Waals surface area contributed by atoms with Gasteiger partial charge in [0.05, 0.1) is 5.01 Å². The van der Waals surface area contributed by atoms with E-state index in [-0.39, 0.29) is 0 Å². The molecule has 1 saturated carbocycles. The maximum atomic E-state index is 4.37. The summed E-state index contributed by atoms with van der Waals surface area (Å²) in [6.07, 6.45) is 3.73. The van der Waals surface area contributed by atoms with Crippen LogP contribution in [0.5, 0.6) is 0 Å². The Hall–Kier alpha value is -0.810. The van der Waals surface area contributed by atoms with Crippen LogP contribution in [-0.2, 0) is 0 Å². The molecule has 0 spiro atoms. The average molecular weight is 219 g/mol. The number of aromatic nitrogens is 1. The molecule has 0 saturated heterocycles. The number of hydrogen-bond acceptors (Lipinski definition) is 2. The highest BCUT2D eigenvalue weighted by atomic mass is 32.1. The fourth-order valence-corrected chi connectivity index (χ4v) is 2.74. The minimum Gasteiger partial charge on any atom is -0.233 e. The Balaban J connectivity index is 2.12. The largest absolute Gasteiger partial charge is 0.233 e. The van der Waals surface area contributed by atoms with E-state index in [1.165, 1.54) is 19.3 Å². The summed E-state index contributed by atoms with van der Waals surface area (Å²) >= 11 is 1.68. The second kappa shape index (κ2) is 3.98. The zero-order valence-electron chi connectivity index (χ0n) is 9.63. The Morgan fingerprint density at radius 3 is 2.87 bits per heavy atom. The van der Waals surface area contributed by atoms with Crippen molar-refractivity contribution >= 4 is 11.3 Å². The Kier molecular flexibility index (Phi) is 2.84. The lowest BCUT2D eigenvalue weighted by Crippen LogP contribution is -1.98. The Bertz CT molecular complexity index is 410. The number of aryl methyl sites for hydroxylation is 1. The van der Waals surface area contributed by atoms with Gasteiger partial charge in [-0.2, -0.15) is 0 Å². The van der Waals surface area contributed by atoms with Crippen LogP contribution in [0.1, 0.15) is 43.8 Å². The topological polar surface area (TPSA) is 12.9 Å². The van der Waals surface area contributed by atoms with Crippen LogP contribution in [0.25, 0.3) is 0 Å². The highest BCUT2D eigenvalue weighted by Gasteiger charge is 2.50. The van der Waals surface area contributed by atoms with E-state index in [1.807, 2.05) is 6.92 Å². The smallest absolute Gasteiger partial charge is 0.124 e. The lowest BCUT2D eigenvalue weighted by atomic mass is 10.00. The van der Waals surface area contributed by atoms with Gasteiger partial charge in [0.25, 0.3) is 0 Å². The molecule has 1 heterocycles. The third kappa shape index (κ3) is 2.08. The Labute approximate surface area is 95.9 Å². The molecule has 1 aliphatic rings. The van der Waals surface area contributed by atoms with Gasteiger partial charge >= 0.3 is 0 Å². The SMILES string of the molecule is CCC1CC1(C#Cc1csc(C)n1)CC. The maximum absolute atomic E-state index is 4.37. The minimum absolute atomic E-state index is 0.326. The monoisotopic (exact) mass is 219 g/mol. The molecule has 0 N–H and O–H groups in total.